The van der Waals surface area contributed by atoms with E-state index in [4.69, 9.17) is 4.74 Å². The number of fused-ring (bicyclic) bond motifs is 1. The Labute approximate surface area is 171 Å². The SMILES string of the molecule is COC(=O)c1cccc(Cc2c(-c3ccccc3)[nH]c3cc(C(F)(F)F)ccc23)c1. The van der Waals surface area contributed by atoms with Gasteiger partial charge in [-0.25, -0.2) is 4.79 Å². The summed E-state index contributed by atoms with van der Waals surface area (Å²) in [6, 6.07) is 20.2. The molecule has 0 atom stereocenters. The third kappa shape index (κ3) is 3.81. The average Bonchev–Trinajstić information content (AvgIpc) is 3.11. The molecule has 0 aliphatic rings. The van der Waals surface area contributed by atoms with Gasteiger partial charge in [0.15, 0.2) is 0 Å². The summed E-state index contributed by atoms with van der Waals surface area (Å²) in [5.74, 6) is -0.436. The fraction of sp³-hybridized carbons (Fsp3) is 0.125. The van der Waals surface area contributed by atoms with E-state index in [1.54, 1.807) is 18.2 Å². The van der Waals surface area contributed by atoms with Gasteiger partial charge in [-0.05, 0) is 41.0 Å². The minimum atomic E-state index is -4.42. The number of hydrogen-bond acceptors (Lipinski definition) is 2. The zero-order valence-electron chi connectivity index (χ0n) is 16.1. The molecule has 1 heterocycles. The number of esters is 1. The molecule has 0 amide bonds. The first kappa shape index (κ1) is 19.8. The Morgan fingerprint density at radius 2 is 1.73 bits per heavy atom. The van der Waals surface area contributed by atoms with Crippen LogP contribution < -0.4 is 0 Å². The molecule has 0 unspecified atom stereocenters. The van der Waals surface area contributed by atoms with E-state index < -0.39 is 17.7 Å². The number of aromatic amines is 1. The predicted octanol–water partition coefficient (Wildman–Crippen LogP) is 6.23. The summed E-state index contributed by atoms with van der Waals surface area (Å²) in [4.78, 5) is 15.0. The first-order valence-electron chi connectivity index (χ1n) is 9.31. The van der Waals surface area contributed by atoms with E-state index in [-0.39, 0.29) is 0 Å². The highest BCUT2D eigenvalue weighted by molar-refractivity contribution is 5.92. The summed E-state index contributed by atoms with van der Waals surface area (Å²) < 4.78 is 44.3. The average molecular weight is 409 g/mol. The topological polar surface area (TPSA) is 42.1 Å². The largest absolute Gasteiger partial charge is 0.465 e. The molecule has 3 nitrogen and oxygen atoms in total. The highest BCUT2D eigenvalue weighted by Gasteiger charge is 2.31. The van der Waals surface area contributed by atoms with E-state index in [0.717, 1.165) is 34.5 Å². The minimum absolute atomic E-state index is 0.419. The van der Waals surface area contributed by atoms with E-state index in [1.807, 2.05) is 36.4 Å². The number of methoxy groups -OCH3 is 1. The lowest BCUT2D eigenvalue weighted by atomic mass is 9.97. The summed E-state index contributed by atoms with van der Waals surface area (Å²) in [6.07, 6.45) is -3.97. The minimum Gasteiger partial charge on any atom is -0.465 e. The molecule has 6 heteroatoms. The monoisotopic (exact) mass is 409 g/mol. The Kier molecular flexibility index (Phi) is 5.08. The van der Waals surface area contributed by atoms with Crippen LogP contribution in [-0.2, 0) is 17.3 Å². The zero-order chi connectivity index (χ0) is 21.3. The highest BCUT2D eigenvalue weighted by atomic mass is 19.4. The fourth-order valence-electron chi connectivity index (χ4n) is 3.60. The van der Waals surface area contributed by atoms with Crippen molar-refractivity contribution >= 4 is 16.9 Å². The maximum absolute atomic E-state index is 13.2. The molecule has 0 saturated heterocycles. The van der Waals surface area contributed by atoms with Gasteiger partial charge in [-0.3, -0.25) is 0 Å². The molecule has 152 valence electrons. The van der Waals surface area contributed by atoms with Gasteiger partial charge in [0.2, 0.25) is 0 Å². The molecule has 0 aliphatic carbocycles. The number of alkyl halides is 3. The number of hydrogen-bond donors (Lipinski definition) is 1. The summed E-state index contributed by atoms with van der Waals surface area (Å²) in [5, 5.41) is 0.713. The summed E-state index contributed by atoms with van der Waals surface area (Å²) >= 11 is 0. The number of carbonyl (C=O) groups excluding carboxylic acids is 1. The van der Waals surface area contributed by atoms with Crippen LogP contribution in [0.2, 0.25) is 0 Å². The van der Waals surface area contributed by atoms with Crippen LogP contribution in [0.1, 0.15) is 27.0 Å². The molecule has 0 saturated carbocycles. The maximum Gasteiger partial charge on any atom is 0.416 e. The quantitative estimate of drug-likeness (QED) is 0.406. The van der Waals surface area contributed by atoms with Crippen molar-refractivity contribution in [3.63, 3.8) is 0 Å². The maximum atomic E-state index is 13.2. The van der Waals surface area contributed by atoms with Crippen molar-refractivity contribution in [1.29, 1.82) is 0 Å². The van der Waals surface area contributed by atoms with E-state index in [0.29, 0.717) is 22.9 Å². The third-order valence-electron chi connectivity index (χ3n) is 5.02. The van der Waals surface area contributed by atoms with Gasteiger partial charge in [0.25, 0.3) is 0 Å². The molecular weight excluding hydrogens is 391 g/mol. The fourth-order valence-corrected chi connectivity index (χ4v) is 3.60. The molecule has 30 heavy (non-hydrogen) atoms. The van der Waals surface area contributed by atoms with E-state index >= 15 is 0 Å². The number of halogens is 3. The van der Waals surface area contributed by atoms with Crippen molar-refractivity contribution in [3.05, 3.63) is 95.1 Å². The van der Waals surface area contributed by atoms with E-state index in [1.165, 1.54) is 13.2 Å². The Morgan fingerprint density at radius 3 is 2.43 bits per heavy atom. The molecule has 0 spiro atoms. The van der Waals surface area contributed by atoms with Gasteiger partial charge < -0.3 is 9.72 Å². The second-order valence-electron chi connectivity index (χ2n) is 6.97. The van der Waals surface area contributed by atoms with Crippen LogP contribution in [0.15, 0.2) is 72.8 Å². The zero-order valence-corrected chi connectivity index (χ0v) is 16.1. The molecule has 3 aromatic carbocycles. The van der Waals surface area contributed by atoms with Crippen LogP contribution in [0.5, 0.6) is 0 Å². The molecule has 1 N–H and O–H groups in total. The van der Waals surface area contributed by atoms with Crippen molar-refractivity contribution in [2.24, 2.45) is 0 Å². The molecule has 0 radical (unpaired) electrons. The number of benzene rings is 3. The number of aromatic nitrogens is 1. The highest BCUT2D eigenvalue weighted by Crippen LogP contribution is 2.36. The number of carbonyl (C=O) groups is 1. The van der Waals surface area contributed by atoms with E-state index in [2.05, 4.69) is 4.98 Å². The Hall–Kier alpha value is -3.54. The summed E-state index contributed by atoms with van der Waals surface area (Å²) in [5.41, 5.74) is 3.51. The first-order valence-corrected chi connectivity index (χ1v) is 9.31. The van der Waals surface area contributed by atoms with Crippen molar-refractivity contribution in [3.8, 4) is 11.3 Å². The number of nitrogens with one attached hydrogen (secondary N) is 1. The van der Waals surface area contributed by atoms with Crippen molar-refractivity contribution in [2.75, 3.05) is 7.11 Å². The standard InChI is InChI=1S/C24H18F3NO2/c1-30-23(29)17-9-5-6-15(12-17)13-20-19-11-10-18(24(25,26)27)14-21(19)28-22(20)16-7-3-2-4-8-16/h2-12,14,28H,13H2,1H3. The van der Waals surface area contributed by atoms with Crippen LogP contribution >= 0.6 is 0 Å². The first-order chi connectivity index (χ1) is 14.4. The summed E-state index contributed by atoms with van der Waals surface area (Å²) in [7, 11) is 1.32. The Morgan fingerprint density at radius 1 is 0.967 bits per heavy atom. The summed E-state index contributed by atoms with van der Waals surface area (Å²) in [6.45, 7) is 0. The van der Waals surface area contributed by atoms with Gasteiger partial charge in [0, 0.05) is 17.3 Å². The number of H-pyrrole nitrogens is 1. The molecule has 1 aromatic heterocycles. The van der Waals surface area contributed by atoms with Crippen LogP contribution in [0.3, 0.4) is 0 Å². The second-order valence-corrected chi connectivity index (χ2v) is 6.97. The van der Waals surface area contributed by atoms with Crippen LogP contribution in [0.25, 0.3) is 22.2 Å². The van der Waals surface area contributed by atoms with Gasteiger partial charge in [0.05, 0.1) is 23.9 Å². The third-order valence-corrected chi connectivity index (χ3v) is 5.02. The Balaban J connectivity index is 1.86. The van der Waals surface area contributed by atoms with Gasteiger partial charge in [-0.2, -0.15) is 13.2 Å². The van der Waals surface area contributed by atoms with Crippen molar-refractivity contribution in [2.45, 2.75) is 12.6 Å². The lowest BCUT2D eigenvalue weighted by molar-refractivity contribution is -0.137. The smallest absolute Gasteiger partial charge is 0.416 e. The Bertz CT molecular complexity index is 1210. The normalized spacial score (nSPS) is 11.6. The molecular formula is C24H18F3NO2. The molecule has 4 aromatic rings. The van der Waals surface area contributed by atoms with Crippen LogP contribution in [0, 0.1) is 0 Å². The predicted molar refractivity (Wildman–Crippen MR) is 109 cm³/mol. The lowest BCUT2D eigenvalue weighted by Crippen LogP contribution is -2.04. The van der Waals surface area contributed by atoms with Gasteiger partial charge in [-0.15, -0.1) is 0 Å². The molecule has 0 aliphatic heterocycles. The van der Waals surface area contributed by atoms with Gasteiger partial charge >= 0.3 is 12.1 Å². The van der Waals surface area contributed by atoms with Crippen molar-refractivity contribution < 1.29 is 22.7 Å². The number of ether oxygens (including phenoxy) is 1. The van der Waals surface area contributed by atoms with Gasteiger partial charge in [0.1, 0.15) is 0 Å². The van der Waals surface area contributed by atoms with Crippen LogP contribution in [-0.4, -0.2) is 18.1 Å². The lowest BCUT2D eigenvalue weighted by Gasteiger charge is -2.08. The van der Waals surface area contributed by atoms with E-state index in [9.17, 15) is 18.0 Å². The molecule has 0 fully saturated rings. The molecule has 0 bridgehead atoms. The second kappa shape index (κ2) is 7.71. The van der Waals surface area contributed by atoms with Crippen LogP contribution in [0.4, 0.5) is 13.2 Å². The van der Waals surface area contributed by atoms with Gasteiger partial charge in [-0.1, -0.05) is 48.5 Å². The van der Waals surface area contributed by atoms with Crippen molar-refractivity contribution in [1.82, 2.24) is 4.98 Å². The molecule has 4 rings (SSSR count). The number of rotatable bonds is 4.